The Morgan fingerprint density at radius 1 is 1.50 bits per heavy atom. The average Bonchev–Trinajstić information content (AvgIpc) is 2.65. The van der Waals surface area contributed by atoms with Crippen molar-refractivity contribution >= 4 is 11.9 Å². The van der Waals surface area contributed by atoms with E-state index in [-0.39, 0.29) is 25.7 Å². The van der Waals surface area contributed by atoms with Gasteiger partial charge in [0.05, 0.1) is 24.7 Å². The van der Waals surface area contributed by atoms with Crippen LogP contribution in [0, 0.1) is 11.3 Å². The Bertz CT molecular complexity index is 291. The third-order valence-corrected chi connectivity index (χ3v) is 2.84. The molecule has 6 nitrogen and oxygen atoms in total. The minimum Gasteiger partial charge on any atom is -0.481 e. The van der Waals surface area contributed by atoms with Crippen molar-refractivity contribution in [1.29, 1.82) is 0 Å². The molecule has 1 amide bonds. The number of nitrogens with one attached hydrogen (secondary N) is 1. The molecule has 0 aromatic rings. The average molecular weight is 230 g/mol. The Morgan fingerprint density at radius 3 is 2.62 bits per heavy atom. The lowest BCUT2D eigenvalue weighted by Gasteiger charge is -2.25. The van der Waals surface area contributed by atoms with Crippen LogP contribution < -0.4 is 11.1 Å². The molecule has 6 heteroatoms. The van der Waals surface area contributed by atoms with E-state index in [0.717, 1.165) is 0 Å². The maximum atomic E-state index is 11.8. The van der Waals surface area contributed by atoms with Crippen molar-refractivity contribution in [3.05, 3.63) is 0 Å². The largest absolute Gasteiger partial charge is 0.481 e. The fraction of sp³-hybridized carbons (Fsp3) is 0.800. The number of amides is 1. The van der Waals surface area contributed by atoms with Crippen molar-refractivity contribution in [2.75, 3.05) is 19.8 Å². The van der Waals surface area contributed by atoms with E-state index < -0.39 is 23.3 Å². The summed E-state index contributed by atoms with van der Waals surface area (Å²) in [6.07, 6.45) is 0. The molecule has 4 N–H and O–H groups in total. The molecule has 0 aromatic heterocycles. The number of rotatable bonds is 4. The molecule has 1 aliphatic rings. The summed E-state index contributed by atoms with van der Waals surface area (Å²) in [5.74, 6) is -1.86. The van der Waals surface area contributed by atoms with Gasteiger partial charge in [0.25, 0.3) is 0 Å². The highest BCUT2D eigenvalue weighted by Crippen LogP contribution is 2.18. The van der Waals surface area contributed by atoms with Crippen LogP contribution in [0.3, 0.4) is 0 Å². The Labute approximate surface area is 94.1 Å². The van der Waals surface area contributed by atoms with E-state index in [1.165, 1.54) is 0 Å². The lowest BCUT2D eigenvalue weighted by atomic mass is 9.91. The van der Waals surface area contributed by atoms with Crippen LogP contribution in [0.25, 0.3) is 0 Å². The van der Waals surface area contributed by atoms with E-state index in [2.05, 4.69) is 5.32 Å². The zero-order valence-electron chi connectivity index (χ0n) is 9.53. The third kappa shape index (κ3) is 2.70. The first-order valence-corrected chi connectivity index (χ1v) is 5.20. The Hall–Kier alpha value is -1.14. The van der Waals surface area contributed by atoms with Gasteiger partial charge in [-0.2, -0.15) is 0 Å². The first-order valence-electron chi connectivity index (χ1n) is 5.20. The first kappa shape index (κ1) is 12.9. The highest BCUT2D eigenvalue weighted by atomic mass is 16.5. The summed E-state index contributed by atoms with van der Waals surface area (Å²) < 4.78 is 5.05. The van der Waals surface area contributed by atoms with Crippen molar-refractivity contribution in [2.24, 2.45) is 17.1 Å². The molecule has 1 heterocycles. The summed E-state index contributed by atoms with van der Waals surface area (Å²) in [5.41, 5.74) is 4.78. The van der Waals surface area contributed by atoms with E-state index in [9.17, 15) is 9.59 Å². The Balaban J connectivity index is 2.60. The highest BCUT2D eigenvalue weighted by Gasteiger charge is 2.37. The van der Waals surface area contributed by atoms with Gasteiger partial charge in [-0.05, 0) is 13.8 Å². The molecule has 2 atom stereocenters. The number of hydrogen-bond donors (Lipinski definition) is 3. The number of carboxylic acid groups (broad SMARTS) is 1. The molecule has 0 aromatic carbocycles. The minimum absolute atomic E-state index is 0.142. The van der Waals surface area contributed by atoms with Gasteiger partial charge >= 0.3 is 5.97 Å². The number of hydrogen-bond acceptors (Lipinski definition) is 4. The summed E-state index contributed by atoms with van der Waals surface area (Å²) in [5, 5.41) is 11.6. The van der Waals surface area contributed by atoms with Crippen LogP contribution in [0.15, 0.2) is 0 Å². The SMILES string of the molecule is CC(C)(CN)C(=O)NC1COCC1C(=O)O. The van der Waals surface area contributed by atoms with Crippen LogP contribution in [-0.4, -0.2) is 42.8 Å². The van der Waals surface area contributed by atoms with Gasteiger partial charge in [-0.25, -0.2) is 0 Å². The molecule has 16 heavy (non-hydrogen) atoms. The maximum Gasteiger partial charge on any atom is 0.311 e. The van der Waals surface area contributed by atoms with Crippen molar-refractivity contribution in [2.45, 2.75) is 19.9 Å². The second-order valence-corrected chi connectivity index (χ2v) is 4.65. The fourth-order valence-electron chi connectivity index (χ4n) is 1.40. The molecule has 1 saturated heterocycles. The quantitative estimate of drug-likeness (QED) is 0.586. The van der Waals surface area contributed by atoms with Gasteiger partial charge < -0.3 is 20.9 Å². The summed E-state index contributed by atoms with van der Waals surface area (Å²) in [6, 6.07) is -0.462. The monoisotopic (exact) mass is 230 g/mol. The van der Waals surface area contributed by atoms with Crippen molar-refractivity contribution in [1.82, 2.24) is 5.32 Å². The Morgan fingerprint density at radius 2 is 2.12 bits per heavy atom. The molecule has 0 bridgehead atoms. The van der Waals surface area contributed by atoms with Gasteiger partial charge in [0.15, 0.2) is 0 Å². The van der Waals surface area contributed by atoms with E-state index in [0.29, 0.717) is 0 Å². The third-order valence-electron chi connectivity index (χ3n) is 2.84. The van der Waals surface area contributed by atoms with Crippen LogP contribution in [0.4, 0.5) is 0 Å². The highest BCUT2D eigenvalue weighted by molar-refractivity contribution is 5.83. The summed E-state index contributed by atoms with van der Waals surface area (Å²) in [6.45, 7) is 4.03. The number of carbonyl (C=O) groups excluding carboxylic acids is 1. The van der Waals surface area contributed by atoms with Gasteiger partial charge in [0.2, 0.25) is 5.91 Å². The molecule has 92 valence electrons. The topological polar surface area (TPSA) is 102 Å². The van der Waals surface area contributed by atoms with Gasteiger partial charge in [-0.1, -0.05) is 0 Å². The van der Waals surface area contributed by atoms with Crippen molar-refractivity contribution in [3.8, 4) is 0 Å². The number of ether oxygens (including phenoxy) is 1. The predicted octanol–water partition coefficient (Wildman–Crippen LogP) is -0.813. The molecule has 0 aliphatic carbocycles. The molecule has 2 unspecified atom stereocenters. The van der Waals surface area contributed by atoms with Gasteiger partial charge in [-0.15, -0.1) is 0 Å². The molecule has 1 aliphatic heterocycles. The van der Waals surface area contributed by atoms with Crippen LogP contribution in [0.5, 0.6) is 0 Å². The van der Waals surface area contributed by atoms with E-state index in [4.69, 9.17) is 15.6 Å². The van der Waals surface area contributed by atoms with Crippen molar-refractivity contribution in [3.63, 3.8) is 0 Å². The zero-order chi connectivity index (χ0) is 12.3. The van der Waals surface area contributed by atoms with Gasteiger partial charge in [0.1, 0.15) is 5.92 Å². The van der Waals surface area contributed by atoms with Gasteiger partial charge in [0, 0.05) is 6.54 Å². The number of nitrogens with two attached hydrogens (primary N) is 1. The Kier molecular flexibility index (Phi) is 3.88. The van der Waals surface area contributed by atoms with Gasteiger partial charge in [-0.3, -0.25) is 9.59 Å². The molecule has 1 rings (SSSR count). The van der Waals surface area contributed by atoms with Crippen LogP contribution in [0.2, 0.25) is 0 Å². The second-order valence-electron chi connectivity index (χ2n) is 4.65. The predicted molar refractivity (Wildman–Crippen MR) is 56.7 cm³/mol. The minimum atomic E-state index is -0.951. The lowest BCUT2D eigenvalue weighted by Crippen LogP contribution is -2.49. The second kappa shape index (κ2) is 4.80. The molecular formula is C10H18N2O4. The molecule has 1 fully saturated rings. The standard InChI is InChI=1S/C10H18N2O4/c1-10(2,5-11)9(15)12-7-4-16-3-6(7)8(13)14/h6-7H,3-5,11H2,1-2H3,(H,12,15)(H,13,14). The summed E-state index contributed by atoms with van der Waals surface area (Å²) >= 11 is 0. The molecule has 0 spiro atoms. The van der Waals surface area contributed by atoms with E-state index in [1.54, 1.807) is 13.8 Å². The first-order chi connectivity index (χ1) is 7.38. The number of aliphatic carboxylic acids is 1. The summed E-state index contributed by atoms with van der Waals surface area (Å²) in [4.78, 5) is 22.6. The maximum absolute atomic E-state index is 11.8. The molecule has 0 radical (unpaired) electrons. The summed E-state index contributed by atoms with van der Waals surface area (Å²) in [7, 11) is 0. The van der Waals surface area contributed by atoms with E-state index in [1.807, 2.05) is 0 Å². The van der Waals surface area contributed by atoms with Crippen molar-refractivity contribution < 1.29 is 19.4 Å². The number of carboxylic acids is 1. The van der Waals surface area contributed by atoms with E-state index >= 15 is 0 Å². The van der Waals surface area contributed by atoms with Crippen LogP contribution >= 0.6 is 0 Å². The molecule has 0 saturated carbocycles. The normalized spacial score (nSPS) is 25.4. The molecular weight excluding hydrogens is 212 g/mol. The fourth-order valence-corrected chi connectivity index (χ4v) is 1.40. The van der Waals surface area contributed by atoms with Crippen LogP contribution in [-0.2, 0) is 14.3 Å². The lowest BCUT2D eigenvalue weighted by molar-refractivity contribution is -0.142. The zero-order valence-corrected chi connectivity index (χ0v) is 9.53. The smallest absolute Gasteiger partial charge is 0.311 e. The number of carbonyl (C=O) groups is 2. The van der Waals surface area contributed by atoms with Crippen LogP contribution in [0.1, 0.15) is 13.8 Å².